The summed E-state index contributed by atoms with van der Waals surface area (Å²) in [7, 11) is 3.92. The Hall–Kier alpha value is -1.55. The Bertz CT molecular complexity index is 390. The highest BCUT2D eigenvalue weighted by Gasteiger charge is 2.11. The lowest BCUT2D eigenvalue weighted by molar-refractivity contribution is 0.100. The van der Waals surface area contributed by atoms with Crippen LogP contribution in [-0.4, -0.2) is 33.1 Å². The summed E-state index contributed by atoms with van der Waals surface area (Å²) in [6, 6.07) is 5.70. The topological polar surface area (TPSA) is 58.4 Å². The molecule has 0 aliphatic rings. The van der Waals surface area contributed by atoms with Crippen molar-refractivity contribution in [1.82, 2.24) is 5.32 Å². The highest BCUT2D eigenvalue weighted by molar-refractivity contribution is 5.98. The van der Waals surface area contributed by atoms with E-state index in [2.05, 4.69) is 10.2 Å². The van der Waals surface area contributed by atoms with Crippen LogP contribution in [0.4, 0.5) is 5.69 Å². The number of hydrogen-bond donors (Lipinski definition) is 2. The van der Waals surface area contributed by atoms with Gasteiger partial charge in [-0.3, -0.25) is 4.79 Å². The quantitative estimate of drug-likeness (QED) is 0.727. The number of amides is 1. The zero-order chi connectivity index (χ0) is 12.8. The number of aryl methyl sites for hydroxylation is 1. The lowest BCUT2D eigenvalue weighted by Gasteiger charge is -2.22. The lowest BCUT2D eigenvalue weighted by Crippen LogP contribution is -2.25. The summed E-state index contributed by atoms with van der Waals surface area (Å²) in [5.41, 5.74) is 8.01. The monoisotopic (exact) mass is 235 g/mol. The molecule has 1 aromatic rings. The average molecular weight is 235 g/mol. The number of nitrogens with one attached hydrogen (secondary N) is 1. The van der Waals surface area contributed by atoms with Crippen LogP contribution >= 0.6 is 0 Å². The maximum atomic E-state index is 11.4. The van der Waals surface area contributed by atoms with Gasteiger partial charge >= 0.3 is 0 Å². The Morgan fingerprint density at radius 3 is 2.76 bits per heavy atom. The molecule has 17 heavy (non-hydrogen) atoms. The molecule has 0 unspecified atom stereocenters. The second-order valence-electron chi connectivity index (χ2n) is 4.26. The fourth-order valence-electron chi connectivity index (χ4n) is 1.78. The molecule has 0 aliphatic heterocycles. The third-order valence-corrected chi connectivity index (χ3v) is 2.75. The van der Waals surface area contributed by atoms with Crippen LogP contribution in [0.25, 0.3) is 0 Å². The fourth-order valence-corrected chi connectivity index (χ4v) is 1.78. The van der Waals surface area contributed by atoms with Gasteiger partial charge in [-0.15, -0.1) is 0 Å². The minimum atomic E-state index is -0.375. The second kappa shape index (κ2) is 6.25. The van der Waals surface area contributed by atoms with Crippen LogP contribution in [0.2, 0.25) is 0 Å². The molecule has 94 valence electrons. The summed E-state index contributed by atoms with van der Waals surface area (Å²) in [5.74, 6) is -0.375. The molecule has 4 heteroatoms. The third kappa shape index (κ3) is 3.75. The van der Waals surface area contributed by atoms with Gasteiger partial charge in [0.15, 0.2) is 0 Å². The molecule has 0 saturated heterocycles. The zero-order valence-electron chi connectivity index (χ0n) is 10.8. The molecular weight excluding hydrogens is 214 g/mol. The summed E-state index contributed by atoms with van der Waals surface area (Å²) in [5, 5.41) is 3.10. The first-order valence-corrected chi connectivity index (χ1v) is 5.82. The lowest BCUT2D eigenvalue weighted by atomic mass is 10.1. The molecule has 3 N–H and O–H groups in total. The van der Waals surface area contributed by atoms with Crippen LogP contribution in [-0.2, 0) is 0 Å². The Balaban J connectivity index is 2.86. The summed E-state index contributed by atoms with van der Waals surface area (Å²) < 4.78 is 0. The van der Waals surface area contributed by atoms with Crippen LogP contribution in [0.1, 0.15) is 22.3 Å². The standard InChI is InChI=1S/C13H21N3O/c1-10-5-6-11(13(14)17)12(9-10)16(3)8-4-7-15-2/h5-6,9,15H,4,7-8H2,1-3H3,(H2,14,17). The number of rotatable bonds is 6. The van der Waals surface area contributed by atoms with Crippen LogP contribution in [0.5, 0.6) is 0 Å². The largest absolute Gasteiger partial charge is 0.374 e. The molecule has 0 saturated carbocycles. The molecule has 1 rings (SSSR count). The van der Waals surface area contributed by atoms with E-state index in [1.165, 1.54) is 0 Å². The van der Waals surface area contributed by atoms with E-state index >= 15 is 0 Å². The summed E-state index contributed by atoms with van der Waals surface area (Å²) in [6.07, 6.45) is 1.03. The first-order valence-electron chi connectivity index (χ1n) is 5.82. The number of benzene rings is 1. The molecule has 0 atom stereocenters. The van der Waals surface area contributed by atoms with Gasteiger partial charge in [0.1, 0.15) is 0 Å². The van der Waals surface area contributed by atoms with Gasteiger partial charge in [0, 0.05) is 19.3 Å². The highest BCUT2D eigenvalue weighted by Crippen LogP contribution is 2.20. The van der Waals surface area contributed by atoms with Crippen LogP contribution in [0, 0.1) is 6.92 Å². The molecule has 0 radical (unpaired) electrons. The zero-order valence-corrected chi connectivity index (χ0v) is 10.8. The van der Waals surface area contributed by atoms with Crippen LogP contribution in [0.3, 0.4) is 0 Å². The van der Waals surface area contributed by atoms with Gasteiger partial charge in [0.05, 0.1) is 5.56 Å². The van der Waals surface area contributed by atoms with E-state index in [9.17, 15) is 4.79 Å². The van der Waals surface area contributed by atoms with Gasteiger partial charge in [-0.05, 0) is 44.6 Å². The highest BCUT2D eigenvalue weighted by atomic mass is 16.1. The van der Waals surface area contributed by atoms with E-state index in [1.807, 2.05) is 33.2 Å². The number of carbonyl (C=O) groups excluding carboxylic acids is 1. The van der Waals surface area contributed by atoms with Crippen molar-refractivity contribution in [2.45, 2.75) is 13.3 Å². The molecule has 0 fully saturated rings. The van der Waals surface area contributed by atoms with Crippen LogP contribution < -0.4 is 16.0 Å². The van der Waals surface area contributed by atoms with E-state index in [1.54, 1.807) is 6.07 Å². The van der Waals surface area contributed by atoms with Gasteiger partial charge in [-0.1, -0.05) is 6.07 Å². The van der Waals surface area contributed by atoms with Crippen molar-refractivity contribution in [2.24, 2.45) is 5.73 Å². The van der Waals surface area contributed by atoms with Gasteiger partial charge in [0.2, 0.25) is 0 Å². The number of hydrogen-bond acceptors (Lipinski definition) is 3. The van der Waals surface area contributed by atoms with E-state index in [0.29, 0.717) is 5.56 Å². The van der Waals surface area contributed by atoms with E-state index in [-0.39, 0.29) is 5.91 Å². The number of nitrogens with two attached hydrogens (primary N) is 1. The Labute approximate surface area is 103 Å². The number of nitrogens with zero attached hydrogens (tertiary/aromatic N) is 1. The Kier molecular flexibility index (Phi) is 4.97. The van der Waals surface area contributed by atoms with Crippen LogP contribution in [0.15, 0.2) is 18.2 Å². The normalized spacial score (nSPS) is 10.3. The first kappa shape index (κ1) is 13.5. The van der Waals surface area contributed by atoms with Gasteiger partial charge in [0.25, 0.3) is 5.91 Å². The summed E-state index contributed by atoms with van der Waals surface area (Å²) in [4.78, 5) is 13.4. The molecule has 0 spiro atoms. The minimum Gasteiger partial charge on any atom is -0.374 e. The summed E-state index contributed by atoms with van der Waals surface area (Å²) >= 11 is 0. The second-order valence-corrected chi connectivity index (χ2v) is 4.26. The minimum absolute atomic E-state index is 0.375. The molecular formula is C13H21N3O. The van der Waals surface area contributed by atoms with Gasteiger partial charge in [-0.25, -0.2) is 0 Å². The van der Waals surface area contributed by atoms with E-state index in [4.69, 9.17) is 5.73 Å². The molecule has 0 aromatic heterocycles. The maximum absolute atomic E-state index is 11.4. The van der Waals surface area contributed by atoms with Crippen molar-refractivity contribution in [1.29, 1.82) is 0 Å². The summed E-state index contributed by atoms with van der Waals surface area (Å²) in [6.45, 7) is 3.86. The smallest absolute Gasteiger partial charge is 0.250 e. The van der Waals surface area contributed by atoms with Crippen molar-refractivity contribution >= 4 is 11.6 Å². The van der Waals surface area contributed by atoms with Crippen molar-refractivity contribution in [3.8, 4) is 0 Å². The molecule has 0 aliphatic carbocycles. The predicted molar refractivity (Wildman–Crippen MR) is 71.5 cm³/mol. The maximum Gasteiger partial charge on any atom is 0.250 e. The van der Waals surface area contributed by atoms with Gasteiger partial charge < -0.3 is 16.0 Å². The Morgan fingerprint density at radius 1 is 1.47 bits per heavy atom. The third-order valence-electron chi connectivity index (χ3n) is 2.75. The predicted octanol–water partition coefficient (Wildman–Crippen LogP) is 1.14. The Morgan fingerprint density at radius 2 is 2.18 bits per heavy atom. The van der Waals surface area contributed by atoms with E-state index in [0.717, 1.165) is 30.8 Å². The SMILES string of the molecule is CNCCCN(C)c1cc(C)ccc1C(N)=O. The number of primary amides is 1. The molecule has 0 heterocycles. The number of anilines is 1. The average Bonchev–Trinajstić information content (AvgIpc) is 2.28. The first-order chi connectivity index (χ1) is 8.06. The molecule has 0 bridgehead atoms. The molecule has 1 amide bonds. The fraction of sp³-hybridized carbons (Fsp3) is 0.462. The van der Waals surface area contributed by atoms with Crippen molar-refractivity contribution < 1.29 is 4.79 Å². The van der Waals surface area contributed by atoms with Crippen molar-refractivity contribution in [2.75, 3.05) is 32.1 Å². The van der Waals surface area contributed by atoms with Crippen molar-refractivity contribution in [3.05, 3.63) is 29.3 Å². The number of carbonyl (C=O) groups is 1. The van der Waals surface area contributed by atoms with Gasteiger partial charge in [-0.2, -0.15) is 0 Å². The molecule has 4 nitrogen and oxygen atoms in total. The van der Waals surface area contributed by atoms with E-state index < -0.39 is 0 Å². The molecule has 1 aromatic carbocycles. The van der Waals surface area contributed by atoms with Crippen molar-refractivity contribution in [3.63, 3.8) is 0 Å².